The molecule has 2 rings (SSSR count). The minimum Gasteiger partial charge on any atom is -0.454 e. The van der Waals surface area contributed by atoms with E-state index in [0.29, 0.717) is 36.2 Å². The van der Waals surface area contributed by atoms with Crippen LogP contribution in [0.4, 0.5) is 0 Å². The van der Waals surface area contributed by atoms with Crippen LogP contribution < -0.4 is 14.8 Å². The topological polar surface area (TPSA) is 49.0 Å². The molecule has 0 radical (unpaired) electrons. The summed E-state index contributed by atoms with van der Waals surface area (Å²) in [7, 11) is 3.33. The van der Waals surface area contributed by atoms with E-state index >= 15 is 0 Å². The highest BCUT2D eigenvalue weighted by Crippen LogP contribution is 2.39. The number of fused-ring (bicyclic) bond motifs is 1. The lowest BCUT2D eigenvalue weighted by molar-refractivity contribution is 0.0288. The van der Waals surface area contributed by atoms with Gasteiger partial charge in [0, 0.05) is 27.3 Å². The van der Waals surface area contributed by atoms with Gasteiger partial charge in [0.2, 0.25) is 6.79 Å². The minimum absolute atomic E-state index is 0.0366. The Bertz CT molecular complexity index is 427. The SMILES string of the molecule is COCC(CNCc1cc(Cl)c2c(c1)OCO2)OC. The molecule has 1 aliphatic heterocycles. The Hall–Kier alpha value is -1.01. The van der Waals surface area contributed by atoms with Crippen molar-refractivity contribution in [3.8, 4) is 11.5 Å². The summed E-state index contributed by atoms with van der Waals surface area (Å²) in [6.45, 7) is 2.17. The van der Waals surface area contributed by atoms with E-state index in [-0.39, 0.29) is 12.9 Å². The van der Waals surface area contributed by atoms with Gasteiger partial charge in [-0.2, -0.15) is 0 Å². The van der Waals surface area contributed by atoms with Gasteiger partial charge in [0.15, 0.2) is 11.5 Å². The summed E-state index contributed by atoms with van der Waals surface area (Å²) in [5.74, 6) is 1.32. The molecule has 19 heavy (non-hydrogen) atoms. The Kier molecular flexibility index (Phi) is 5.27. The van der Waals surface area contributed by atoms with E-state index in [1.54, 1.807) is 14.2 Å². The van der Waals surface area contributed by atoms with Crippen molar-refractivity contribution in [2.45, 2.75) is 12.6 Å². The van der Waals surface area contributed by atoms with Crippen molar-refractivity contribution < 1.29 is 18.9 Å². The number of hydrogen-bond donors (Lipinski definition) is 1. The average Bonchev–Trinajstić information content (AvgIpc) is 2.86. The van der Waals surface area contributed by atoms with Crippen LogP contribution in [0.15, 0.2) is 12.1 Å². The Balaban J connectivity index is 1.88. The first-order valence-corrected chi connectivity index (χ1v) is 6.43. The van der Waals surface area contributed by atoms with Crippen LogP contribution in [0, 0.1) is 0 Å². The fourth-order valence-corrected chi connectivity index (χ4v) is 2.18. The van der Waals surface area contributed by atoms with Crippen molar-refractivity contribution in [1.82, 2.24) is 5.32 Å². The first-order valence-electron chi connectivity index (χ1n) is 6.05. The molecular formula is C13H18ClNO4. The van der Waals surface area contributed by atoms with Gasteiger partial charge in [-0.3, -0.25) is 0 Å². The van der Waals surface area contributed by atoms with Gasteiger partial charge < -0.3 is 24.3 Å². The van der Waals surface area contributed by atoms with Gasteiger partial charge in [-0.15, -0.1) is 0 Å². The third-order valence-electron chi connectivity index (χ3n) is 2.87. The molecule has 1 aromatic carbocycles. The van der Waals surface area contributed by atoms with E-state index in [4.69, 9.17) is 30.5 Å². The van der Waals surface area contributed by atoms with Crippen LogP contribution in [0.1, 0.15) is 5.56 Å². The lowest BCUT2D eigenvalue weighted by atomic mass is 10.2. The van der Waals surface area contributed by atoms with E-state index in [0.717, 1.165) is 5.56 Å². The number of ether oxygens (including phenoxy) is 4. The van der Waals surface area contributed by atoms with Gasteiger partial charge in [-0.1, -0.05) is 11.6 Å². The van der Waals surface area contributed by atoms with Crippen LogP contribution >= 0.6 is 11.6 Å². The Morgan fingerprint density at radius 3 is 2.95 bits per heavy atom. The normalized spacial score (nSPS) is 14.7. The summed E-state index contributed by atoms with van der Waals surface area (Å²) in [6.07, 6.45) is 0.0366. The highest BCUT2D eigenvalue weighted by molar-refractivity contribution is 6.32. The third-order valence-corrected chi connectivity index (χ3v) is 3.15. The van der Waals surface area contributed by atoms with Gasteiger partial charge in [0.05, 0.1) is 17.7 Å². The maximum atomic E-state index is 6.12. The number of methoxy groups -OCH3 is 2. The lowest BCUT2D eigenvalue weighted by Crippen LogP contribution is -2.31. The zero-order valence-corrected chi connectivity index (χ0v) is 11.8. The molecule has 1 unspecified atom stereocenters. The summed E-state index contributed by atoms with van der Waals surface area (Å²) in [4.78, 5) is 0. The number of halogens is 1. The quantitative estimate of drug-likeness (QED) is 0.829. The van der Waals surface area contributed by atoms with Crippen molar-refractivity contribution in [3.63, 3.8) is 0 Å². The van der Waals surface area contributed by atoms with Crippen LogP contribution in [0.3, 0.4) is 0 Å². The molecule has 0 aliphatic carbocycles. The van der Waals surface area contributed by atoms with Gasteiger partial charge >= 0.3 is 0 Å². The number of rotatable bonds is 7. The molecule has 0 amide bonds. The van der Waals surface area contributed by atoms with Crippen molar-refractivity contribution in [1.29, 1.82) is 0 Å². The van der Waals surface area contributed by atoms with Crippen molar-refractivity contribution in [2.75, 3.05) is 34.2 Å². The van der Waals surface area contributed by atoms with E-state index in [1.165, 1.54) is 0 Å². The van der Waals surface area contributed by atoms with Crippen LogP contribution in [-0.2, 0) is 16.0 Å². The fraction of sp³-hybridized carbons (Fsp3) is 0.538. The largest absolute Gasteiger partial charge is 0.454 e. The van der Waals surface area contributed by atoms with Crippen molar-refractivity contribution in [2.24, 2.45) is 0 Å². The molecule has 1 N–H and O–H groups in total. The fourth-order valence-electron chi connectivity index (χ4n) is 1.90. The molecule has 1 aliphatic rings. The zero-order valence-electron chi connectivity index (χ0n) is 11.1. The van der Waals surface area contributed by atoms with E-state index in [2.05, 4.69) is 5.32 Å². The molecule has 0 saturated carbocycles. The number of benzene rings is 1. The second-order valence-corrected chi connectivity index (χ2v) is 4.66. The van der Waals surface area contributed by atoms with Crippen LogP contribution in [0.25, 0.3) is 0 Å². The minimum atomic E-state index is 0.0366. The summed E-state index contributed by atoms with van der Waals surface area (Å²) in [6, 6.07) is 3.81. The Morgan fingerprint density at radius 1 is 1.37 bits per heavy atom. The van der Waals surface area contributed by atoms with E-state index < -0.39 is 0 Å². The van der Waals surface area contributed by atoms with E-state index in [1.807, 2.05) is 12.1 Å². The van der Waals surface area contributed by atoms with Gasteiger partial charge in [0.1, 0.15) is 0 Å². The summed E-state index contributed by atoms with van der Waals surface area (Å²) in [5, 5.41) is 3.87. The highest BCUT2D eigenvalue weighted by Gasteiger charge is 2.18. The Morgan fingerprint density at radius 2 is 2.21 bits per heavy atom. The molecule has 0 spiro atoms. The maximum absolute atomic E-state index is 6.12. The summed E-state index contributed by atoms with van der Waals surface area (Å²) >= 11 is 6.12. The van der Waals surface area contributed by atoms with Gasteiger partial charge in [-0.05, 0) is 17.7 Å². The predicted octanol–water partition coefficient (Wildman–Crippen LogP) is 1.82. The van der Waals surface area contributed by atoms with Crippen molar-refractivity contribution >= 4 is 11.6 Å². The van der Waals surface area contributed by atoms with Crippen LogP contribution in [0.2, 0.25) is 5.02 Å². The van der Waals surface area contributed by atoms with Crippen LogP contribution in [0.5, 0.6) is 11.5 Å². The Labute approximate surface area is 117 Å². The molecule has 5 nitrogen and oxygen atoms in total. The summed E-state index contributed by atoms with van der Waals surface area (Å²) < 4.78 is 20.9. The maximum Gasteiger partial charge on any atom is 0.231 e. The molecule has 0 saturated heterocycles. The molecular weight excluding hydrogens is 270 g/mol. The first-order chi connectivity index (χ1) is 9.24. The standard InChI is InChI=1S/C13H18ClNO4/c1-16-7-10(17-2)6-15-5-9-3-11(14)13-12(4-9)18-8-19-13/h3-4,10,15H,5-8H2,1-2H3. The lowest BCUT2D eigenvalue weighted by Gasteiger charge is -2.15. The summed E-state index contributed by atoms with van der Waals surface area (Å²) in [5.41, 5.74) is 1.04. The molecule has 0 bridgehead atoms. The molecule has 1 atom stereocenters. The molecule has 106 valence electrons. The third kappa shape index (κ3) is 3.73. The monoisotopic (exact) mass is 287 g/mol. The first kappa shape index (κ1) is 14.4. The van der Waals surface area contributed by atoms with E-state index in [9.17, 15) is 0 Å². The van der Waals surface area contributed by atoms with Gasteiger partial charge in [0.25, 0.3) is 0 Å². The molecule has 1 aromatic rings. The average molecular weight is 288 g/mol. The molecule has 6 heteroatoms. The predicted molar refractivity (Wildman–Crippen MR) is 72.0 cm³/mol. The smallest absolute Gasteiger partial charge is 0.231 e. The second-order valence-electron chi connectivity index (χ2n) is 4.26. The second kappa shape index (κ2) is 6.96. The highest BCUT2D eigenvalue weighted by atomic mass is 35.5. The molecule has 1 heterocycles. The number of hydrogen-bond acceptors (Lipinski definition) is 5. The molecule has 0 fully saturated rings. The zero-order chi connectivity index (χ0) is 13.7. The van der Waals surface area contributed by atoms with Crippen molar-refractivity contribution in [3.05, 3.63) is 22.7 Å². The van der Waals surface area contributed by atoms with Crippen LogP contribution in [-0.4, -0.2) is 40.3 Å². The number of nitrogens with one attached hydrogen (secondary N) is 1. The molecule has 0 aromatic heterocycles. The van der Waals surface area contributed by atoms with Gasteiger partial charge in [-0.25, -0.2) is 0 Å².